The molecule has 0 spiro atoms. The lowest BCUT2D eigenvalue weighted by Gasteiger charge is -2.11. The highest BCUT2D eigenvalue weighted by Gasteiger charge is 2.14. The van der Waals surface area contributed by atoms with Gasteiger partial charge in [-0.25, -0.2) is 37.7 Å². The molecule has 0 aliphatic rings. The van der Waals surface area contributed by atoms with Crippen LogP contribution in [0.25, 0.3) is 0 Å². The van der Waals surface area contributed by atoms with Crippen LogP contribution >= 0.6 is 0 Å². The molecule has 0 aliphatic heterocycles. The summed E-state index contributed by atoms with van der Waals surface area (Å²) in [5.74, 6) is -1.96. The van der Waals surface area contributed by atoms with Crippen LogP contribution in [0.5, 0.6) is 0 Å². The molecule has 0 bridgehead atoms. The minimum atomic E-state index is -0.981. The molecule has 1 aromatic rings. The molecule has 158 valence electrons. The van der Waals surface area contributed by atoms with Gasteiger partial charge in [-0.05, 0) is 0 Å². The Balaban J connectivity index is 0. The Morgan fingerprint density at radius 2 is 0.857 bits per heavy atom. The molecule has 1 aromatic heterocycles. The van der Waals surface area contributed by atoms with Crippen molar-refractivity contribution in [2.45, 2.75) is 19.6 Å². The molecule has 13 heteroatoms. The van der Waals surface area contributed by atoms with E-state index in [1.54, 1.807) is 0 Å². The first kappa shape index (κ1) is 26.9. The molecule has 0 fully saturated rings. The molecule has 0 radical (unpaired) electrons. The van der Waals surface area contributed by atoms with Crippen molar-refractivity contribution in [3.8, 4) is 0 Å². The second-order valence-electron chi connectivity index (χ2n) is 4.56. The molecule has 1 rings (SSSR count). The van der Waals surface area contributed by atoms with E-state index in [9.17, 15) is 24.0 Å². The summed E-state index contributed by atoms with van der Waals surface area (Å²) in [5.41, 5.74) is -2.66. The highest BCUT2D eigenvalue weighted by atomic mass is 16.4. The van der Waals surface area contributed by atoms with E-state index in [1.165, 1.54) is 0 Å². The fraction of sp³-hybridized carbons (Fsp3) is 0.400. The van der Waals surface area contributed by atoms with Crippen LogP contribution in [0.15, 0.2) is 39.7 Å². The molecule has 1 heterocycles. The second-order valence-corrected chi connectivity index (χ2v) is 4.56. The molecular weight excluding hydrogens is 382 g/mol. The van der Waals surface area contributed by atoms with Gasteiger partial charge >= 0.3 is 29.0 Å². The molecule has 13 nitrogen and oxygen atoms in total. The number of hydrogen-bond donors (Lipinski definition) is 5. The summed E-state index contributed by atoms with van der Waals surface area (Å²) in [4.78, 5) is 53.8. The lowest BCUT2D eigenvalue weighted by Crippen LogP contribution is -2.55. The Bertz CT molecular complexity index is 705. The zero-order chi connectivity index (χ0) is 22.3. The third-order valence-electron chi connectivity index (χ3n) is 2.71. The van der Waals surface area contributed by atoms with Gasteiger partial charge < -0.3 is 25.5 Å². The molecule has 0 aliphatic carbocycles. The number of nitrogens with zero attached hydrogens (tertiary/aromatic N) is 3. The van der Waals surface area contributed by atoms with Crippen molar-refractivity contribution in [1.29, 1.82) is 0 Å². The highest BCUT2D eigenvalue weighted by Crippen LogP contribution is 1.76. The Morgan fingerprint density at radius 1 is 0.679 bits per heavy atom. The number of aliphatic carboxylic acids is 2. The summed E-state index contributed by atoms with van der Waals surface area (Å²) in [6.07, 6.45) is 1.67. The van der Waals surface area contributed by atoms with Crippen LogP contribution in [-0.4, -0.2) is 71.0 Å². The van der Waals surface area contributed by atoms with Crippen molar-refractivity contribution in [2.75, 3.05) is 19.8 Å². The maximum absolute atomic E-state index is 11.8. The van der Waals surface area contributed by atoms with Crippen molar-refractivity contribution >= 4 is 11.9 Å². The number of aliphatic hydroxyl groups is 3. The smallest absolute Gasteiger partial charge is 0.336 e. The van der Waals surface area contributed by atoms with Crippen molar-refractivity contribution in [3.05, 3.63) is 56.8 Å². The van der Waals surface area contributed by atoms with Crippen LogP contribution in [0.4, 0.5) is 0 Å². The average Bonchev–Trinajstić information content (AvgIpc) is 2.66. The van der Waals surface area contributed by atoms with Gasteiger partial charge in [-0.2, -0.15) is 0 Å². The quantitative estimate of drug-likeness (QED) is 0.272. The van der Waals surface area contributed by atoms with Gasteiger partial charge in [-0.15, -0.1) is 0 Å². The van der Waals surface area contributed by atoms with Crippen molar-refractivity contribution < 1.29 is 35.1 Å². The van der Waals surface area contributed by atoms with Gasteiger partial charge in [-0.3, -0.25) is 0 Å². The number of carboxylic acids is 2. The van der Waals surface area contributed by atoms with Crippen molar-refractivity contribution in [1.82, 2.24) is 13.7 Å². The number of carboxylic acid groups (broad SMARTS) is 2. The minimum Gasteiger partial charge on any atom is -0.478 e. The first-order chi connectivity index (χ1) is 13.1. The van der Waals surface area contributed by atoms with Crippen LogP contribution in [0.2, 0.25) is 0 Å². The maximum Gasteiger partial charge on any atom is 0.336 e. The highest BCUT2D eigenvalue weighted by molar-refractivity contribution is 5.79. The first-order valence-electron chi connectivity index (χ1n) is 7.60. The normalized spacial score (nSPS) is 9.25. The SMILES string of the molecule is C=CC(=O)O.C=CC(=O)O.O=c1n(CCO)c(=O)n(CCO)c(=O)n1CCO. The van der Waals surface area contributed by atoms with Crippen LogP contribution < -0.4 is 17.1 Å². The Kier molecular flexibility index (Phi) is 14.3. The van der Waals surface area contributed by atoms with E-state index >= 15 is 0 Å². The van der Waals surface area contributed by atoms with Crippen molar-refractivity contribution in [2.24, 2.45) is 0 Å². The number of aliphatic hydroxyl groups excluding tert-OH is 3. The number of hydrogen-bond acceptors (Lipinski definition) is 8. The summed E-state index contributed by atoms with van der Waals surface area (Å²) in [5, 5.41) is 41.6. The predicted molar refractivity (Wildman–Crippen MR) is 96.1 cm³/mol. The molecule has 0 aromatic carbocycles. The van der Waals surface area contributed by atoms with E-state index in [0.29, 0.717) is 13.7 Å². The largest absolute Gasteiger partial charge is 0.478 e. The zero-order valence-corrected chi connectivity index (χ0v) is 14.9. The predicted octanol–water partition coefficient (Wildman–Crippen LogP) is -3.34. The number of rotatable bonds is 8. The van der Waals surface area contributed by atoms with Gasteiger partial charge in [-0.1, -0.05) is 13.2 Å². The summed E-state index contributed by atoms with van der Waals surface area (Å²) in [7, 11) is 0. The van der Waals surface area contributed by atoms with Crippen molar-refractivity contribution in [3.63, 3.8) is 0 Å². The Morgan fingerprint density at radius 3 is 0.964 bits per heavy atom. The fourth-order valence-corrected chi connectivity index (χ4v) is 1.56. The average molecular weight is 405 g/mol. The number of carbonyl (C=O) groups is 2. The Hall–Kier alpha value is -3.29. The van der Waals surface area contributed by atoms with Crippen LogP contribution in [0.1, 0.15) is 0 Å². The summed E-state index contributed by atoms with van der Waals surface area (Å²) in [6, 6.07) is 0. The van der Waals surface area contributed by atoms with Gasteiger partial charge in [0.1, 0.15) is 0 Å². The molecule has 0 amide bonds. The van der Waals surface area contributed by atoms with Gasteiger partial charge in [0.05, 0.1) is 39.5 Å². The molecule has 0 atom stereocenters. The second kappa shape index (κ2) is 14.8. The summed E-state index contributed by atoms with van der Waals surface area (Å²) >= 11 is 0. The van der Waals surface area contributed by atoms with E-state index in [1.807, 2.05) is 0 Å². The Labute approximate surface area is 158 Å². The van der Waals surface area contributed by atoms with Gasteiger partial charge in [0.2, 0.25) is 0 Å². The van der Waals surface area contributed by atoms with Crippen LogP contribution in [0.3, 0.4) is 0 Å². The van der Waals surface area contributed by atoms with Crippen LogP contribution in [-0.2, 0) is 29.2 Å². The topological polar surface area (TPSA) is 201 Å². The molecule has 28 heavy (non-hydrogen) atoms. The van der Waals surface area contributed by atoms with Gasteiger partial charge in [0, 0.05) is 12.2 Å². The van der Waals surface area contributed by atoms with E-state index < -0.39 is 48.8 Å². The lowest BCUT2D eigenvalue weighted by molar-refractivity contribution is -0.132. The number of aromatic nitrogens is 3. The van der Waals surface area contributed by atoms with E-state index in [0.717, 1.165) is 12.2 Å². The summed E-state index contributed by atoms with van der Waals surface area (Å²) in [6.45, 7) is 3.84. The third-order valence-corrected chi connectivity index (χ3v) is 2.71. The molecular formula is C15H23N3O10. The zero-order valence-electron chi connectivity index (χ0n) is 14.9. The van der Waals surface area contributed by atoms with Gasteiger partial charge in [0.25, 0.3) is 0 Å². The molecule has 0 saturated heterocycles. The van der Waals surface area contributed by atoms with E-state index in [2.05, 4.69) is 13.2 Å². The van der Waals surface area contributed by atoms with Crippen LogP contribution in [0, 0.1) is 0 Å². The van der Waals surface area contributed by atoms with Gasteiger partial charge in [0.15, 0.2) is 0 Å². The molecule has 0 unspecified atom stereocenters. The lowest BCUT2D eigenvalue weighted by atomic mass is 10.6. The molecule has 0 saturated carbocycles. The standard InChI is InChI=1S/C9H15N3O6.2C3H4O2/c13-4-1-10-7(16)11(2-5-14)9(18)12(3-6-15)8(10)17;2*1-2-3(4)5/h13-15H,1-6H2;2*2H,1H2,(H,4,5). The fourth-order valence-electron chi connectivity index (χ4n) is 1.56. The van der Waals surface area contributed by atoms with E-state index in [-0.39, 0.29) is 19.6 Å². The monoisotopic (exact) mass is 405 g/mol. The van der Waals surface area contributed by atoms with E-state index in [4.69, 9.17) is 25.5 Å². The summed E-state index contributed by atoms with van der Waals surface area (Å²) < 4.78 is 2.06. The first-order valence-corrected chi connectivity index (χ1v) is 7.60. The third kappa shape index (κ3) is 9.42. The minimum absolute atomic E-state index is 0.255. The maximum atomic E-state index is 11.8. The molecule has 5 N–H and O–H groups in total.